The van der Waals surface area contributed by atoms with Crippen LogP contribution >= 0.6 is 0 Å². The van der Waals surface area contributed by atoms with Crippen molar-refractivity contribution in [2.45, 2.75) is 50.4 Å². The molecule has 1 aliphatic heterocycles. The van der Waals surface area contributed by atoms with E-state index in [1.54, 1.807) is 4.90 Å². The molecule has 3 N–H and O–H groups in total. The van der Waals surface area contributed by atoms with E-state index in [0.29, 0.717) is 19.6 Å². The zero-order chi connectivity index (χ0) is 21.6. The summed E-state index contributed by atoms with van der Waals surface area (Å²) in [4.78, 5) is 15.1. The summed E-state index contributed by atoms with van der Waals surface area (Å²) in [5, 5.41) is 3.17. The van der Waals surface area contributed by atoms with Gasteiger partial charge in [-0.15, -0.1) is 0 Å². The monoisotopic (exact) mass is 429 g/mol. The summed E-state index contributed by atoms with van der Waals surface area (Å²) in [6, 6.07) is 5.17. The van der Waals surface area contributed by atoms with Gasteiger partial charge in [0.25, 0.3) is 5.91 Å². The number of amides is 1. The van der Waals surface area contributed by atoms with Crippen molar-refractivity contribution in [3.05, 3.63) is 35.4 Å². The average molecular weight is 430 g/mol. The highest BCUT2D eigenvalue weighted by molar-refractivity contribution is 5.76. The Labute approximate surface area is 176 Å². The molecule has 0 bridgehead atoms. The van der Waals surface area contributed by atoms with Crippen molar-refractivity contribution in [1.82, 2.24) is 5.32 Å². The van der Waals surface area contributed by atoms with Crippen LogP contribution in [0.2, 0.25) is 0 Å². The Morgan fingerprint density at radius 2 is 1.77 bits per heavy atom. The van der Waals surface area contributed by atoms with Crippen LogP contribution in [0.1, 0.15) is 43.2 Å². The van der Waals surface area contributed by atoms with Crippen LogP contribution in [0.3, 0.4) is 0 Å². The average Bonchev–Trinajstić information content (AvgIpc) is 2.73. The number of morpholine rings is 1. The van der Waals surface area contributed by atoms with E-state index in [9.17, 15) is 18.0 Å². The molecule has 1 saturated heterocycles. The number of benzene rings is 1. The number of nitrogens with one attached hydrogen (secondary N) is 3. The minimum absolute atomic E-state index is 0.00276. The quantitative estimate of drug-likeness (QED) is 0.590. The molecule has 3 rings (SSSR count). The molecule has 0 spiro atoms. The fourth-order valence-electron chi connectivity index (χ4n) is 4.86. The standard InChI is InChI=1S/C22H32F3N3O2/c1-27(15-18-5-7-19(8-6-18)22(23,24)25)16-20(29)26-17-21(9-3-2-4-10-21)28-11-13-30-14-12-28/h5-8H,2-4,9-17H2,1H3,(H,26,29)/p+2. The van der Waals surface area contributed by atoms with Crippen LogP contribution in [0.4, 0.5) is 13.2 Å². The highest BCUT2D eigenvalue weighted by atomic mass is 19.4. The molecule has 1 unspecified atom stereocenters. The first-order valence-corrected chi connectivity index (χ1v) is 11.0. The molecule has 1 atom stereocenters. The summed E-state index contributed by atoms with van der Waals surface area (Å²) in [6.07, 6.45) is 1.63. The van der Waals surface area contributed by atoms with Crippen LogP contribution in [0.5, 0.6) is 0 Å². The molecule has 5 nitrogen and oxygen atoms in total. The van der Waals surface area contributed by atoms with Crippen LogP contribution < -0.4 is 15.1 Å². The maximum Gasteiger partial charge on any atom is 0.416 e. The summed E-state index contributed by atoms with van der Waals surface area (Å²) >= 11 is 0. The molecule has 1 heterocycles. The van der Waals surface area contributed by atoms with Gasteiger partial charge >= 0.3 is 6.18 Å². The second kappa shape index (κ2) is 10.1. The normalized spacial score (nSPS) is 21.2. The molecule has 1 amide bonds. The molecule has 168 valence electrons. The van der Waals surface area contributed by atoms with Gasteiger partial charge in [0, 0.05) is 18.4 Å². The number of carbonyl (C=O) groups is 1. The molecule has 0 radical (unpaired) electrons. The molecule has 1 aromatic carbocycles. The Kier molecular flexibility index (Phi) is 7.76. The number of alkyl halides is 3. The predicted molar refractivity (Wildman–Crippen MR) is 107 cm³/mol. The van der Waals surface area contributed by atoms with E-state index in [1.165, 1.54) is 31.4 Å². The minimum atomic E-state index is -4.32. The van der Waals surface area contributed by atoms with Gasteiger partial charge in [0.1, 0.15) is 25.2 Å². The predicted octanol–water partition coefficient (Wildman–Crippen LogP) is 0.454. The lowest BCUT2D eigenvalue weighted by molar-refractivity contribution is -0.960. The molecule has 1 aromatic rings. The third-order valence-electron chi connectivity index (χ3n) is 6.53. The third-order valence-corrected chi connectivity index (χ3v) is 6.53. The highest BCUT2D eigenvalue weighted by Crippen LogP contribution is 2.29. The van der Waals surface area contributed by atoms with E-state index in [2.05, 4.69) is 5.32 Å². The van der Waals surface area contributed by atoms with Crippen molar-refractivity contribution in [2.24, 2.45) is 0 Å². The Balaban J connectivity index is 1.50. The van der Waals surface area contributed by atoms with Gasteiger partial charge in [0.15, 0.2) is 6.54 Å². The van der Waals surface area contributed by atoms with Crippen molar-refractivity contribution in [1.29, 1.82) is 0 Å². The first kappa shape index (κ1) is 23.0. The number of ether oxygens (including phenoxy) is 1. The summed E-state index contributed by atoms with van der Waals surface area (Å²) in [6.45, 7) is 5.05. The first-order chi connectivity index (χ1) is 14.3. The Bertz CT molecular complexity index is 682. The van der Waals surface area contributed by atoms with Gasteiger partial charge < -0.3 is 19.9 Å². The van der Waals surface area contributed by atoms with Crippen molar-refractivity contribution in [3.63, 3.8) is 0 Å². The van der Waals surface area contributed by atoms with Gasteiger partial charge in [-0.3, -0.25) is 4.79 Å². The maximum atomic E-state index is 12.7. The summed E-state index contributed by atoms with van der Waals surface area (Å²) < 4.78 is 43.6. The lowest BCUT2D eigenvalue weighted by Gasteiger charge is -2.45. The van der Waals surface area contributed by atoms with Crippen LogP contribution in [0.15, 0.2) is 24.3 Å². The number of carbonyl (C=O) groups excluding carboxylic acids is 1. The highest BCUT2D eigenvalue weighted by Gasteiger charge is 2.42. The fraction of sp³-hybridized carbons (Fsp3) is 0.682. The molecule has 0 aromatic heterocycles. The zero-order valence-electron chi connectivity index (χ0n) is 17.7. The third kappa shape index (κ3) is 6.18. The number of hydrogen-bond donors (Lipinski definition) is 3. The van der Waals surface area contributed by atoms with Crippen molar-refractivity contribution in [3.8, 4) is 0 Å². The minimum Gasteiger partial charge on any atom is -0.370 e. The van der Waals surface area contributed by atoms with E-state index in [4.69, 9.17) is 4.74 Å². The zero-order valence-corrected chi connectivity index (χ0v) is 17.7. The lowest BCUT2D eigenvalue weighted by atomic mass is 9.79. The lowest BCUT2D eigenvalue weighted by Crippen LogP contribution is -3.23. The molecule has 2 fully saturated rings. The topological polar surface area (TPSA) is 47.2 Å². The molecule has 1 saturated carbocycles. The van der Waals surface area contributed by atoms with Gasteiger partial charge in [-0.1, -0.05) is 18.6 Å². The van der Waals surface area contributed by atoms with E-state index in [0.717, 1.165) is 61.7 Å². The Morgan fingerprint density at radius 3 is 2.37 bits per heavy atom. The van der Waals surface area contributed by atoms with Gasteiger partial charge in [-0.2, -0.15) is 13.2 Å². The van der Waals surface area contributed by atoms with Crippen LogP contribution in [-0.2, 0) is 22.3 Å². The number of hydrogen-bond acceptors (Lipinski definition) is 2. The van der Waals surface area contributed by atoms with Crippen molar-refractivity contribution >= 4 is 5.91 Å². The molecular formula is C22H34F3N3O2+2. The molecular weight excluding hydrogens is 395 g/mol. The van der Waals surface area contributed by atoms with Gasteiger partial charge in [0.2, 0.25) is 0 Å². The molecule has 30 heavy (non-hydrogen) atoms. The van der Waals surface area contributed by atoms with Crippen LogP contribution in [0.25, 0.3) is 0 Å². The number of halogens is 3. The fourth-order valence-corrected chi connectivity index (χ4v) is 4.86. The second-order valence-corrected chi connectivity index (χ2v) is 8.84. The summed E-state index contributed by atoms with van der Waals surface area (Å²) in [7, 11) is 1.89. The summed E-state index contributed by atoms with van der Waals surface area (Å²) in [5.74, 6) is -0.00276. The molecule has 2 aliphatic rings. The Hall–Kier alpha value is -1.64. The number of rotatable bonds is 7. The van der Waals surface area contributed by atoms with Gasteiger partial charge in [-0.05, 0) is 25.0 Å². The second-order valence-electron chi connectivity index (χ2n) is 8.84. The van der Waals surface area contributed by atoms with E-state index in [1.807, 2.05) is 7.05 Å². The van der Waals surface area contributed by atoms with Crippen LogP contribution in [0, 0.1) is 0 Å². The van der Waals surface area contributed by atoms with E-state index in [-0.39, 0.29) is 11.4 Å². The smallest absolute Gasteiger partial charge is 0.370 e. The van der Waals surface area contributed by atoms with Crippen LogP contribution in [-0.4, -0.2) is 57.9 Å². The first-order valence-electron chi connectivity index (χ1n) is 11.0. The summed E-state index contributed by atoms with van der Waals surface area (Å²) in [5.41, 5.74) is 0.249. The number of likely N-dealkylation sites (N-methyl/N-ethyl adjacent to an activating group) is 1. The van der Waals surface area contributed by atoms with Gasteiger partial charge in [-0.25, -0.2) is 0 Å². The van der Waals surface area contributed by atoms with Gasteiger partial charge in [0.05, 0.1) is 32.4 Å². The van der Waals surface area contributed by atoms with E-state index >= 15 is 0 Å². The largest absolute Gasteiger partial charge is 0.416 e. The van der Waals surface area contributed by atoms with E-state index < -0.39 is 11.7 Å². The molecule has 1 aliphatic carbocycles. The molecule has 8 heteroatoms. The van der Waals surface area contributed by atoms with Crippen molar-refractivity contribution in [2.75, 3.05) is 46.4 Å². The number of quaternary nitrogens is 2. The maximum absolute atomic E-state index is 12.7. The Morgan fingerprint density at radius 1 is 1.13 bits per heavy atom. The van der Waals surface area contributed by atoms with Crippen molar-refractivity contribution < 1.29 is 32.5 Å². The SMILES string of the molecule is C[NH+](CC(=O)NCC1([NH+]2CCOCC2)CCCCC1)Cc1ccc(C(F)(F)F)cc1.